The minimum absolute atomic E-state index is 0.449. The highest BCUT2D eigenvalue weighted by Crippen LogP contribution is 2.28. The zero-order valence-electron chi connectivity index (χ0n) is 14.1. The average molecular weight is 351 g/mol. The van der Waals surface area contributed by atoms with Crippen molar-refractivity contribution in [2.45, 2.75) is 19.9 Å². The molecule has 0 aliphatic carbocycles. The summed E-state index contributed by atoms with van der Waals surface area (Å²) in [6, 6.07) is 16.1. The van der Waals surface area contributed by atoms with Crippen molar-refractivity contribution < 1.29 is 0 Å². The Hall–Kier alpha value is -2.73. The van der Waals surface area contributed by atoms with Crippen LogP contribution in [0, 0.1) is 6.92 Å². The van der Waals surface area contributed by atoms with Crippen molar-refractivity contribution in [1.82, 2.24) is 15.3 Å². The van der Waals surface area contributed by atoms with Gasteiger partial charge in [-0.1, -0.05) is 36.4 Å². The fourth-order valence-electron chi connectivity index (χ4n) is 2.36. The molecule has 3 aromatic rings. The first-order chi connectivity index (χ1) is 12.2. The van der Waals surface area contributed by atoms with Crippen LogP contribution >= 0.6 is 11.3 Å². The molecule has 0 bridgehead atoms. The molecule has 0 amide bonds. The third kappa shape index (κ3) is 4.87. The summed E-state index contributed by atoms with van der Waals surface area (Å²) in [4.78, 5) is 14.5. The number of aromatic nitrogens is 2. The molecule has 0 radical (unpaired) electrons. The number of nitrogens with one attached hydrogen (secondary N) is 1. The number of aryl methyl sites for hydroxylation is 1. The van der Waals surface area contributed by atoms with Crippen LogP contribution in [0.5, 0.6) is 0 Å². The van der Waals surface area contributed by atoms with Crippen molar-refractivity contribution in [3.63, 3.8) is 0 Å². The van der Waals surface area contributed by atoms with Gasteiger partial charge in [0.05, 0.1) is 12.2 Å². The summed E-state index contributed by atoms with van der Waals surface area (Å²) in [5.41, 5.74) is 9.13. The molecule has 5 nitrogen and oxygen atoms in total. The maximum absolute atomic E-state index is 5.96. The Bertz CT molecular complexity index is 828. The van der Waals surface area contributed by atoms with Crippen LogP contribution in [0.4, 0.5) is 0 Å². The normalized spacial score (nSPS) is 11.5. The molecule has 128 valence electrons. The van der Waals surface area contributed by atoms with Gasteiger partial charge in [-0.05, 0) is 19.1 Å². The summed E-state index contributed by atoms with van der Waals surface area (Å²) in [7, 11) is 0. The maximum Gasteiger partial charge on any atom is 0.188 e. The highest BCUT2D eigenvalue weighted by atomic mass is 32.1. The van der Waals surface area contributed by atoms with E-state index in [1.54, 1.807) is 17.5 Å². The van der Waals surface area contributed by atoms with Crippen molar-refractivity contribution in [1.29, 1.82) is 0 Å². The van der Waals surface area contributed by atoms with Gasteiger partial charge >= 0.3 is 0 Å². The number of guanidine groups is 1. The topological polar surface area (TPSA) is 76.2 Å². The fourth-order valence-corrected chi connectivity index (χ4v) is 3.35. The SMILES string of the molecule is Cc1nc(-c2ccccc2)sc1CN=C(N)NCCc1ccccn1. The Morgan fingerprint density at radius 3 is 2.72 bits per heavy atom. The number of nitrogens with two attached hydrogens (primary N) is 1. The molecule has 0 fully saturated rings. The number of hydrogen-bond acceptors (Lipinski definition) is 4. The van der Waals surface area contributed by atoms with Crippen molar-refractivity contribution in [2.24, 2.45) is 10.7 Å². The molecule has 0 aliphatic rings. The molecule has 3 N–H and O–H groups in total. The van der Waals surface area contributed by atoms with Crippen molar-refractivity contribution in [2.75, 3.05) is 6.54 Å². The lowest BCUT2D eigenvalue weighted by Gasteiger charge is -2.05. The maximum atomic E-state index is 5.96. The lowest BCUT2D eigenvalue weighted by atomic mass is 10.2. The van der Waals surface area contributed by atoms with E-state index in [0.717, 1.165) is 33.3 Å². The number of rotatable bonds is 6. The molecule has 0 unspecified atom stereocenters. The largest absolute Gasteiger partial charge is 0.370 e. The molecule has 0 saturated heterocycles. The van der Waals surface area contributed by atoms with Gasteiger partial charge in [0.25, 0.3) is 0 Å². The Kier molecular flexibility index (Phi) is 5.74. The molecule has 0 aliphatic heterocycles. The van der Waals surface area contributed by atoms with Gasteiger partial charge in [0.2, 0.25) is 0 Å². The Balaban J connectivity index is 1.55. The van der Waals surface area contributed by atoms with Crippen LogP contribution in [0.1, 0.15) is 16.3 Å². The van der Waals surface area contributed by atoms with E-state index in [4.69, 9.17) is 5.73 Å². The van der Waals surface area contributed by atoms with Crippen LogP contribution in [-0.2, 0) is 13.0 Å². The van der Waals surface area contributed by atoms with Gasteiger partial charge in [0, 0.05) is 35.3 Å². The first-order valence-electron chi connectivity index (χ1n) is 8.18. The van der Waals surface area contributed by atoms with E-state index in [-0.39, 0.29) is 0 Å². The third-order valence-corrected chi connectivity index (χ3v) is 4.91. The van der Waals surface area contributed by atoms with Gasteiger partial charge in [-0.2, -0.15) is 0 Å². The smallest absolute Gasteiger partial charge is 0.188 e. The van der Waals surface area contributed by atoms with Gasteiger partial charge in [-0.3, -0.25) is 4.98 Å². The van der Waals surface area contributed by atoms with E-state index >= 15 is 0 Å². The minimum atomic E-state index is 0.449. The highest BCUT2D eigenvalue weighted by molar-refractivity contribution is 7.15. The standard InChI is InChI=1S/C19H21N5S/c1-14-17(25-18(24-14)15-7-3-2-4-8-15)13-23-19(20)22-12-10-16-9-5-6-11-21-16/h2-9,11H,10,12-13H2,1H3,(H3,20,22,23). The van der Waals surface area contributed by atoms with Crippen LogP contribution in [0.25, 0.3) is 10.6 Å². The number of nitrogens with zero attached hydrogens (tertiary/aromatic N) is 3. The predicted octanol–water partition coefficient (Wildman–Crippen LogP) is 3.16. The van der Waals surface area contributed by atoms with E-state index in [9.17, 15) is 0 Å². The summed E-state index contributed by atoms with van der Waals surface area (Å²) in [5, 5.41) is 4.15. The van der Waals surface area contributed by atoms with Crippen molar-refractivity contribution in [3.05, 3.63) is 71.0 Å². The summed E-state index contributed by atoms with van der Waals surface area (Å²) >= 11 is 1.66. The van der Waals surface area contributed by atoms with Crippen LogP contribution in [0.3, 0.4) is 0 Å². The molecule has 25 heavy (non-hydrogen) atoms. The van der Waals surface area contributed by atoms with E-state index < -0.39 is 0 Å². The molecular formula is C19H21N5S. The van der Waals surface area contributed by atoms with Crippen LogP contribution in [0.2, 0.25) is 0 Å². The van der Waals surface area contributed by atoms with Gasteiger partial charge in [0.1, 0.15) is 5.01 Å². The molecule has 2 aromatic heterocycles. The summed E-state index contributed by atoms with van der Waals surface area (Å²) in [6.07, 6.45) is 2.61. The molecule has 0 spiro atoms. The highest BCUT2D eigenvalue weighted by Gasteiger charge is 2.08. The van der Waals surface area contributed by atoms with Gasteiger partial charge in [-0.25, -0.2) is 9.98 Å². The monoisotopic (exact) mass is 351 g/mol. The van der Waals surface area contributed by atoms with Gasteiger partial charge in [0.15, 0.2) is 5.96 Å². The van der Waals surface area contributed by atoms with Gasteiger partial charge in [-0.15, -0.1) is 11.3 Å². The van der Waals surface area contributed by atoms with Crippen LogP contribution in [-0.4, -0.2) is 22.5 Å². The van der Waals surface area contributed by atoms with Crippen LogP contribution < -0.4 is 11.1 Å². The minimum Gasteiger partial charge on any atom is -0.370 e. The van der Waals surface area contributed by atoms with E-state index in [1.165, 1.54) is 0 Å². The number of hydrogen-bond donors (Lipinski definition) is 2. The first kappa shape index (κ1) is 17.1. The summed E-state index contributed by atoms with van der Waals surface area (Å²) in [6.45, 7) is 3.26. The summed E-state index contributed by atoms with van der Waals surface area (Å²) < 4.78 is 0. The second-order valence-corrected chi connectivity index (χ2v) is 6.68. The van der Waals surface area contributed by atoms with Crippen LogP contribution in [0.15, 0.2) is 59.7 Å². The van der Waals surface area contributed by atoms with E-state index in [1.807, 2.05) is 43.3 Å². The van der Waals surface area contributed by atoms with Gasteiger partial charge < -0.3 is 11.1 Å². The molecule has 6 heteroatoms. The molecule has 3 rings (SSSR count). The number of aliphatic imine (C=N–C) groups is 1. The average Bonchev–Trinajstić information content (AvgIpc) is 3.02. The zero-order valence-corrected chi connectivity index (χ0v) is 15.0. The quantitative estimate of drug-likeness (QED) is 0.528. The molecule has 1 aromatic carbocycles. The molecule has 0 atom stereocenters. The number of thiazole rings is 1. The fraction of sp³-hybridized carbons (Fsp3) is 0.211. The number of benzene rings is 1. The van der Waals surface area contributed by atoms with E-state index in [2.05, 4.69) is 32.4 Å². The summed E-state index contributed by atoms with van der Waals surface area (Å²) in [5.74, 6) is 0.449. The lowest BCUT2D eigenvalue weighted by molar-refractivity contribution is 0.828. The molecular weight excluding hydrogens is 330 g/mol. The zero-order chi connectivity index (χ0) is 17.5. The second kappa shape index (κ2) is 8.39. The van der Waals surface area contributed by atoms with Crippen molar-refractivity contribution >= 4 is 17.3 Å². The molecule has 0 saturated carbocycles. The van der Waals surface area contributed by atoms with E-state index in [0.29, 0.717) is 19.0 Å². The lowest BCUT2D eigenvalue weighted by Crippen LogP contribution is -2.33. The predicted molar refractivity (Wildman–Crippen MR) is 104 cm³/mol. The second-order valence-electron chi connectivity index (χ2n) is 5.59. The Labute approximate surface area is 151 Å². The Morgan fingerprint density at radius 2 is 1.96 bits per heavy atom. The van der Waals surface area contributed by atoms with Crippen molar-refractivity contribution in [3.8, 4) is 10.6 Å². The number of pyridine rings is 1. The molecule has 2 heterocycles. The first-order valence-corrected chi connectivity index (χ1v) is 8.99. The third-order valence-electron chi connectivity index (χ3n) is 3.72. The Morgan fingerprint density at radius 1 is 1.16 bits per heavy atom.